The number of halogens is 1. The third-order valence-electron chi connectivity index (χ3n) is 1.43. The lowest BCUT2D eigenvalue weighted by molar-refractivity contribution is -0.140. The predicted octanol–water partition coefficient (Wildman–Crippen LogP) is 0.396. The van der Waals surface area contributed by atoms with Crippen molar-refractivity contribution in [3.8, 4) is 0 Å². The zero-order valence-corrected chi connectivity index (χ0v) is 6.17. The van der Waals surface area contributed by atoms with Crippen LogP contribution >= 0.6 is 12.4 Å². The molecule has 4 heteroatoms. The van der Waals surface area contributed by atoms with Gasteiger partial charge in [-0.15, -0.1) is 12.4 Å². The maximum atomic E-state index is 10.2. The summed E-state index contributed by atoms with van der Waals surface area (Å²) in [5.74, 6) is -1.13. The summed E-state index contributed by atoms with van der Waals surface area (Å²) in [6.07, 6.45) is 3.93. The van der Waals surface area contributed by atoms with Gasteiger partial charge in [0.15, 0.2) is 0 Å². The summed E-state index contributed by atoms with van der Waals surface area (Å²) < 4.78 is 0. The number of hydrogen-bond acceptors (Lipinski definition) is 2. The van der Waals surface area contributed by atoms with Crippen molar-refractivity contribution in [2.75, 3.05) is 0 Å². The first-order valence-corrected chi connectivity index (χ1v) is 2.87. The van der Waals surface area contributed by atoms with E-state index in [0.717, 1.165) is 0 Å². The van der Waals surface area contributed by atoms with Gasteiger partial charge in [0.25, 0.3) is 0 Å². The van der Waals surface area contributed by atoms with Crippen LogP contribution in [-0.2, 0) is 4.79 Å². The predicted molar refractivity (Wildman–Crippen MR) is 40.1 cm³/mol. The van der Waals surface area contributed by atoms with Gasteiger partial charge in [-0.3, -0.25) is 4.79 Å². The highest BCUT2D eigenvalue weighted by atomic mass is 35.5. The number of aliphatic carboxylic acids is 1. The number of carboxylic acid groups (broad SMARTS) is 1. The summed E-state index contributed by atoms with van der Waals surface area (Å²) in [7, 11) is 0. The van der Waals surface area contributed by atoms with Crippen LogP contribution in [0.4, 0.5) is 0 Å². The molecule has 0 aromatic carbocycles. The maximum absolute atomic E-state index is 10.2. The average Bonchev–Trinajstić information content (AvgIpc) is 2.14. The Bertz CT molecular complexity index is 158. The highest BCUT2D eigenvalue weighted by Crippen LogP contribution is 2.15. The third-order valence-corrected chi connectivity index (χ3v) is 1.43. The van der Waals surface area contributed by atoms with E-state index in [9.17, 15) is 4.79 Å². The number of hydrogen-bond donors (Lipinski definition) is 2. The summed E-state index contributed by atoms with van der Waals surface area (Å²) >= 11 is 0. The molecule has 0 aromatic rings. The van der Waals surface area contributed by atoms with Crippen molar-refractivity contribution in [1.82, 2.24) is 0 Å². The minimum atomic E-state index is -0.779. The van der Waals surface area contributed by atoms with Crippen LogP contribution in [-0.4, -0.2) is 17.1 Å². The highest BCUT2D eigenvalue weighted by Gasteiger charge is 2.21. The fourth-order valence-corrected chi connectivity index (χ4v) is 0.910. The summed E-state index contributed by atoms with van der Waals surface area (Å²) in [6, 6.07) is -0.0499. The SMILES string of the molecule is Cl.N[C@H]1C=C[C@H](C(=O)O)C1. The smallest absolute Gasteiger partial charge is 0.310 e. The summed E-state index contributed by atoms with van der Waals surface area (Å²) in [5, 5.41) is 8.42. The van der Waals surface area contributed by atoms with E-state index in [-0.39, 0.29) is 24.4 Å². The second-order valence-corrected chi connectivity index (χ2v) is 2.23. The molecule has 0 fully saturated rings. The van der Waals surface area contributed by atoms with Gasteiger partial charge in [0.2, 0.25) is 0 Å². The molecule has 1 rings (SSSR count). The van der Waals surface area contributed by atoms with E-state index >= 15 is 0 Å². The van der Waals surface area contributed by atoms with Gasteiger partial charge in [0.05, 0.1) is 5.92 Å². The van der Waals surface area contributed by atoms with Gasteiger partial charge in [0, 0.05) is 6.04 Å². The Morgan fingerprint density at radius 1 is 1.60 bits per heavy atom. The standard InChI is InChI=1S/C6H9NO2.ClH/c7-5-2-1-4(3-5)6(8)9;/h1-2,4-5H,3,7H2,(H,8,9);1H/t4-,5-;/m0./s1. The van der Waals surface area contributed by atoms with Crippen LogP contribution in [0, 0.1) is 5.92 Å². The first-order chi connectivity index (χ1) is 4.20. The van der Waals surface area contributed by atoms with Crippen molar-refractivity contribution in [3.05, 3.63) is 12.2 Å². The molecule has 2 atom stereocenters. The zero-order valence-electron chi connectivity index (χ0n) is 5.36. The number of carboxylic acids is 1. The summed E-state index contributed by atoms with van der Waals surface area (Å²) in [6.45, 7) is 0. The first kappa shape index (κ1) is 9.46. The van der Waals surface area contributed by atoms with Crippen LogP contribution < -0.4 is 5.73 Å². The molecule has 3 nitrogen and oxygen atoms in total. The normalized spacial score (nSPS) is 29.7. The van der Waals surface area contributed by atoms with Crippen LogP contribution in [0.1, 0.15) is 6.42 Å². The molecule has 3 N–H and O–H groups in total. The second-order valence-electron chi connectivity index (χ2n) is 2.23. The molecular formula is C6H10ClNO2. The van der Waals surface area contributed by atoms with Crippen molar-refractivity contribution in [2.24, 2.45) is 11.7 Å². The van der Waals surface area contributed by atoms with Crippen molar-refractivity contribution in [3.63, 3.8) is 0 Å². The second kappa shape index (κ2) is 3.58. The highest BCUT2D eigenvalue weighted by molar-refractivity contribution is 5.85. The molecule has 0 spiro atoms. The van der Waals surface area contributed by atoms with E-state index in [4.69, 9.17) is 10.8 Å². The van der Waals surface area contributed by atoms with Gasteiger partial charge in [-0.05, 0) is 6.42 Å². The lowest BCUT2D eigenvalue weighted by Gasteiger charge is -2.00. The maximum Gasteiger partial charge on any atom is 0.310 e. The molecule has 10 heavy (non-hydrogen) atoms. The van der Waals surface area contributed by atoms with E-state index in [1.54, 1.807) is 12.2 Å². The van der Waals surface area contributed by atoms with Crippen LogP contribution in [0.2, 0.25) is 0 Å². The molecule has 0 aliphatic heterocycles. The van der Waals surface area contributed by atoms with E-state index in [0.29, 0.717) is 6.42 Å². The van der Waals surface area contributed by atoms with E-state index < -0.39 is 5.97 Å². The van der Waals surface area contributed by atoms with Gasteiger partial charge in [0.1, 0.15) is 0 Å². The van der Waals surface area contributed by atoms with Crippen molar-refractivity contribution >= 4 is 18.4 Å². The van der Waals surface area contributed by atoms with Crippen LogP contribution in [0.5, 0.6) is 0 Å². The van der Waals surface area contributed by atoms with Crippen molar-refractivity contribution < 1.29 is 9.90 Å². The lowest BCUT2D eigenvalue weighted by Crippen LogP contribution is -2.18. The monoisotopic (exact) mass is 163 g/mol. The third kappa shape index (κ3) is 2.01. The Balaban J connectivity index is 0.000000810. The average molecular weight is 164 g/mol. The summed E-state index contributed by atoms with van der Waals surface area (Å²) in [5.41, 5.74) is 5.41. The molecule has 1 aliphatic carbocycles. The molecule has 0 heterocycles. The Morgan fingerprint density at radius 2 is 2.20 bits per heavy atom. The molecule has 0 radical (unpaired) electrons. The molecule has 58 valence electrons. The number of rotatable bonds is 1. The fourth-order valence-electron chi connectivity index (χ4n) is 0.910. The fraction of sp³-hybridized carbons (Fsp3) is 0.500. The van der Waals surface area contributed by atoms with Crippen LogP contribution in [0.3, 0.4) is 0 Å². The van der Waals surface area contributed by atoms with Gasteiger partial charge >= 0.3 is 5.97 Å². The van der Waals surface area contributed by atoms with Crippen molar-refractivity contribution in [2.45, 2.75) is 12.5 Å². The Kier molecular flexibility index (Phi) is 3.39. The molecule has 0 saturated heterocycles. The Hall–Kier alpha value is -0.540. The van der Waals surface area contributed by atoms with Gasteiger partial charge in [-0.25, -0.2) is 0 Å². The quantitative estimate of drug-likeness (QED) is 0.550. The molecular weight excluding hydrogens is 154 g/mol. The molecule has 0 aromatic heterocycles. The largest absolute Gasteiger partial charge is 0.481 e. The van der Waals surface area contributed by atoms with Gasteiger partial charge in [-0.1, -0.05) is 12.2 Å². The Morgan fingerprint density at radius 3 is 2.40 bits per heavy atom. The topological polar surface area (TPSA) is 63.3 Å². The number of carbonyl (C=O) groups is 1. The van der Waals surface area contributed by atoms with E-state index in [1.807, 2.05) is 0 Å². The van der Waals surface area contributed by atoms with Gasteiger partial charge in [-0.2, -0.15) is 0 Å². The summed E-state index contributed by atoms with van der Waals surface area (Å²) in [4.78, 5) is 10.2. The van der Waals surface area contributed by atoms with E-state index in [1.165, 1.54) is 0 Å². The Labute approximate surface area is 65.3 Å². The molecule has 0 unspecified atom stereocenters. The van der Waals surface area contributed by atoms with Crippen LogP contribution in [0.15, 0.2) is 12.2 Å². The molecule has 1 aliphatic rings. The minimum absolute atomic E-state index is 0. The molecule has 0 bridgehead atoms. The lowest BCUT2D eigenvalue weighted by atomic mass is 10.1. The van der Waals surface area contributed by atoms with E-state index in [2.05, 4.69) is 0 Å². The van der Waals surface area contributed by atoms with Gasteiger partial charge < -0.3 is 10.8 Å². The number of nitrogens with two attached hydrogens (primary N) is 1. The van der Waals surface area contributed by atoms with Crippen molar-refractivity contribution in [1.29, 1.82) is 0 Å². The molecule has 0 amide bonds. The first-order valence-electron chi connectivity index (χ1n) is 2.87. The zero-order chi connectivity index (χ0) is 6.85. The molecule has 0 saturated carbocycles. The minimum Gasteiger partial charge on any atom is -0.481 e. The van der Waals surface area contributed by atoms with Crippen LogP contribution in [0.25, 0.3) is 0 Å².